The summed E-state index contributed by atoms with van der Waals surface area (Å²) in [5.41, 5.74) is 0. The summed E-state index contributed by atoms with van der Waals surface area (Å²) in [5, 5.41) is 0. The summed E-state index contributed by atoms with van der Waals surface area (Å²) >= 11 is 0. The molecule has 0 saturated heterocycles. The minimum atomic E-state index is -0.759. The number of esters is 3. The van der Waals surface area contributed by atoms with Crippen LogP contribution in [0.2, 0.25) is 0 Å². The second-order valence-electron chi connectivity index (χ2n) is 17.7. The summed E-state index contributed by atoms with van der Waals surface area (Å²) in [5.74, 6) is 0.802. The van der Waals surface area contributed by atoms with Gasteiger partial charge in [-0.15, -0.1) is 0 Å². The van der Waals surface area contributed by atoms with Crippen molar-refractivity contribution in [3.8, 4) is 0 Å². The van der Waals surface area contributed by atoms with Gasteiger partial charge in [0.1, 0.15) is 13.2 Å². The summed E-state index contributed by atoms with van der Waals surface area (Å²) in [6.45, 7) is 11.3. The maximum absolute atomic E-state index is 12.7. The second kappa shape index (κ2) is 42.0. The van der Waals surface area contributed by atoms with Gasteiger partial charge in [0.25, 0.3) is 0 Å². The first-order valence-electron chi connectivity index (χ1n) is 24.2. The number of hydrogen-bond donors (Lipinski definition) is 0. The van der Waals surface area contributed by atoms with Crippen LogP contribution in [0.4, 0.5) is 0 Å². The fourth-order valence-electron chi connectivity index (χ4n) is 7.28. The van der Waals surface area contributed by atoms with Crippen LogP contribution in [-0.4, -0.2) is 37.2 Å². The molecule has 0 spiro atoms. The zero-order valence-electron chi connectivity index (χ0n) is 37.6. The zero-order valence-corrected chi connectivity index (χ0v) is 37.6. The third kappa shape index (κ3) is 43.4. The van der Waals surface area contributed by atoms with Gasteiger partial charge in [0.15, 0.2) is 6.10 Å². The lowest BCUT2D eigenvalue weighted by atomic mass is 10.0. The van der Waals surface area contributed by atoms with Crippen LogP contribution in [0.3, 0.4) is 0 Å². The summed E-state index contributed by atoms with van der Waals surface area (Å²) < 4.78 is 16.6. The van der Waals surface area contributed by atoms with Crippen LogP contribution in [-0.2, 0) is 28.6 Å². The van der Waals surface area contributed by atoms with Gasteiger partial charge in [-0.3, -0.25) is 14.4 Å². The molecule has 0 aromatic heterocycles. The molecule has 0 fully saturated rings. The van der Waals surface area contributed by atoms with E-state index in [1.54, 1.807) is 0 Å². The summed E-state index contributed by atoms with van der Waals surface area (Å²) in [7, 11) is 0. The van der Waals surface area contributed by atoms with Crippen LogP contribution in [0.15, 0.2) is 0 Å². The molecule has 0 radical (unpaired) electrons. The lowest BCUT2D eigenvalue weighted by molar-refractivity contribution is -0.167. The highest BCUT2D eigenvalue weighted by Gasteiger charge is 2.19. The van der Waals surface area contributed by atoms with E-state index < -0.39 is 6.10 Å². The normalized spacial score (nSPS) is 12.1. The highest BCUT2D eigenvalue weighted by Crippen LogP contribution is 2.17. The van der Waals surface area contributed by atoms with Gasteiger partial charge in [-0.2, -0.15) is 0 Å². The van der Waals surface area contributed by atoms with Crippen LogP contribution >= 0.6 is 0 Å². The Labute approximate surface area is 342 Å². The van der Waals surface area contributed by atoms with Crippen molar-refractivity contribution < 1.29 is 28.6 Å². The van der Waals surface area contributed by atoms with Gasteiger partial charge < -0.3 is 14.2 Å². The molecule has 0 unspecified atom stereocenters. The van der Waals surface area contributed by atoms with Crippen molar-refractivity contribution in [3.05, 3.63) is 0 Å². The Morgan fingerprint density at radius 2 is 0.600 bits per heavy atom. The lowest BCUT2D eigenvalue weighted by Crippen LogP contribution is -2.30. The second-order valence-corrected chi connectivity index (χ2v) is 17.7. The van der Waals surface area contributed by atoms with Crippen LogP contribution in [0.25, 0.3) is 0 Å². The molecule has 0 aliphatic heterocycles. The quantitative estimate of drug-likeness (QED) is 0.0348. The SMILES string of the molecule is CCCCCCCC(=O)OC[C@H](COC(=O)CCCCCCCCCCCCCCCCCCC(C)C)OC(=O)CCCCCCCCCCCCC(C)C. The number of carbonyl (C=O) groups is 3. The Balaban J connectivity index is 4.11. The molecular weight excluding hydrogens is 685 g/mol. The fraction of sp³-hybridized carbons (Fsp3) is 0.939. The molecule has 0 bridgehead atoms. The highest BCUT2D eigenvalue weighted by atomic mass is 16.6. The third-order valence-corrected chi connectivity index (χ3v) is 11.0. The summed E-state index contributed by atoms with van der Waals surface area (Å²) in [6.07, 6.45) is 41.2. The number of rotatable bonds is 43. The van der Waals surface area contributed by atoms with E-state index in [0.717, 1.165) is 76.0 Å². The maximum Gasteiger partial charge on any atom is 0.306 e. The van der Waals surface area contributed by atoms with E-state index >= 15 is 0 Å². The molecule has 1 atom stereocenters. The summed E-state index contributed by atoms with van der Waals surface area (Å²) in [4.78, 5) is 37.5. The van der Waals surface area contributed by atoms with Gasteiger partial charge in [0.2, 0.25) is 0 Å². The van der Waals surface area contributed by atoms with Crippen molar-refractivity contribution in [2.45, 2.75) is 272 Å². The van der Waals surface area contributed by atoms with Crippen LogP contribution in [0.1, 0.15) is 266 Å². The number of carbonyl (C=O) groups excluding carboxylic acids is 3. The van der Waals surface area contributed by atoms with Gasteiger partial charge >= 0.3 is 17.9 Å². The fourth-order valence-corrected chi connectivity index (χ4v) is 7.28. The van der Waals surface area contributed by atoms with Crippen molar-refractivity contribution in [3.63, 3.8) is 0 Å². The molecule has 0 aromatic carbocycles. The van der Waals surface area contributed by atoms with Crippen molar-refractivity contribution in [1.82, 2.24) is 0 Å². The van der Waals surface area contributed by atoms with Gasteiger partial charge in [-0.1, -0.05) is 227 Å². The standard InChI is InChI=1S/C49H94O6/c1-6-7-8-27-34-39-47(50)53-42-46(55-49(52)41-36-31-26-22-18-17-20-24-29-33-38-45(4)5)43-54-48(51)40-35-30-25-21-16-14-12-10-9-11-13-15-19-23-28-32-37-44(2)3/h44-46H,6-43H2,1-5H3/t46-/m1/s1. The van der Waals surface area contributed by atoms with E-state index in [2.05, 4.69) is 34.6 Å². The smallest absolute Gasteiger partial charge is 0.306 e. The van der Waals surface area contributed by atoms with E-state index in [9.17, 15) is 14.4 Å². The minimum Gasteiger partial charge on any atom is -0.462 e. The average molecular weight is 779 g/mol. The predicted octanol–water partition coefficient (Wildman–Crippen LogP) is 15.4. The topological polar surface area (TPSA) is 78.9 Å². The molecule has 55 heavy (non-hydrogen) atoms. The van der Waals surface area contributed by atoms with Gasteiger partial charge in [-0.05, 0) is 31.1 Å². The predicted molar refractivity (Wildman–Crippen MR) is 233 cm³/mol. The number of ether oxygens (including phenoxy) is 3. The maximum atomic E-state index is 12.7. The third-order valence-electron chi connectivity index (χ3n) is 11.0. The van der Waals surface area contributed by atoms with Crippen molar-refractivity contribution in [2.24, 2.45) is 11.8 Å². The van der Waals surface area contributed by atoms with Gasteiger partial charge in [-0.25, -0.2) is 0 Å². The molecule has 0 saturated carbocycles. The molecule has 0 aliphatic rings. The van der Waals surface area contributed by atoms with Crippen molar-refractivity contribution in [2.75, 3.05) is 13.2 Å². The first-order valence-corrected chi connectivity index (χ1v) is 24.2. The molecule has 0 rings (SSSR count). The Morgan fingerprint density at radius 1 is 0.345 bits per heavy atom. The largest absolute Gasteiger partial charge is 0.462 e. The molecule has 0 aromatic rings. The number of hydrogen-bond acceptors (Lipinski definition) is 6. The molecule has 0 aliphatic carbocycles. The van der Waals surface area contributed by atoms with E-state index in [1.807, 2.05) is 0 Å². The van der Waals surface area contributed by atoms with E-state index in [0.29, 0.717) is 19.3 Å². The molecule has 326 valence electrons. The Bertz CT molecular complexity index is 839. The van der Waals surface area contributed by atoms with Crippen LogP contribution in [0, 0.1) is 11.8 Å². The lowest BCUT2D eigenvalue weighted by Gasteiger charge is -2.18. The molecule has 0 N–H and O–H groups in total. The highest BCUT2D eigenvalue weighted by molar-refractivity contribution is 5.71. The Morgan fingerprint density at radius 3 is 0.891 bits per heavy atom. The first-order chi connectivity index (χ1) is 26.7. The van der Waals surface area contributed by atoms with E-state index in [1.165, 1.54) is 148 Å². The van der Waals surface area contributed by atoms with E-state index in [4.69, 9.17) is 14.2 Å². The Kier molecular flexibility index (Phi) is 40.8. The van der Waals surface area contributed by atoms with Crippen molar-refractivity contribution in [1.29, 1.82) is 0 Å². The van der Waals surface area contributed by atoms with Crippen LogP contribution in [0.5, 0.6) is 0 Å². The molecule has 0 heterocycles. The minimum absolute atomic E-state index is 0.0652. The molecule has 6 nitrogen and oxygen atoms in total. The van der Waals surface area contributed by atoms with E-state index in [-0.39, 0.29) is 31.1 Å². The first kappa shape index (κ1) is 53.4. The molecular formula is C49H94O6. The monoisotopic (exact) mass is 779 g/mol. The zero-order chi connectivity index (χ0) is 40.5. The molecule has 0 amide bonds. The van der Waals surface area contributed by atoms with Gasteiger partial charge in [0, 0.05) is 19.3 Å². The molecule has 6 heteroatoms. The van der Waals surface area contributed by atoms with Gasteiger partial charge in [0.05, 0.1) is 0 Å². The number of unbranched alkanes of at least 4 members (excludes halogenated alkanes) is 28. The Hall–Kier alpha value is -1.59. The van der Waals surface area contributed by atoms with Crippen molar-refractivity contribution >= 4 is 17.9 Å². The van der Waals surface area contributed by atoms with Crippen LogP contribution < -0.4 is 0 Å². The summed E-state index contributed by atoms with van der Waals surface area (Å²) in [6, 6.07) is 0. The average Bonchev–Trinajstić information content (AvgIpc) is 3.15.